The fourth-order valence-corrected chi connectivity index (χ4v) is 1.77. The third kappa shape index (κ3) is 3.98. The molecular formula is C14H19NO4. The van der Waals surface area contributed by atoms with E-state index in [1.54, 1.807) is 7.11 Å². The summed E-state index contributed by atoms with van der Waals surface area (Å²) in [5, 5.41) is 8.66. The minimum absolute atomic E-state index is 0.133. The minimum Gasteiger partial charge on any atom is -0.496 e. The predicted octanol–water partition coefficient (Wildman–Crippen LogP) is 1.40. The van der Waals surface area contributed by atoms with E-state index in [-0.39, 0.29) is 18.9 Å². The molecule has 1 rings (SSSR count). The fourth-order valence-electron chi connectivity index (χ4n) is 1.77. The summed E-state index contributed by atoms with van der Waals surface area (Å²) in [6.45, 7) is 3.63. The van der Waals surface area contributed by atoms with E-state index in [1.807, 2.05) is 26.0 Å². The highest BCUT2D eigenvalue weighted by atomic mass is 16.5. The van der Waals surface area contributed by atoms with Gasteiger partial charge < -0.3 is 14.7 Å². The predicted molar refractivity (Wildman–Crippen MR) is 71.4 cm³/mol. The number of hydrogen-bond acceptors (Lipinski definition) is 3. The molecule has 0 saturated carbocycles. The van der Waals surface area contributed by atoms with Gasteiger partial charge in [-0.3, -0.25) is 9.59 Å². The summed E-state index contributed by atoms with van der Waals surface area (Å²) in [6, 6.07) is 3.79. The first-order chi connectivity index (χ1) is 8.85. The van der Waals surface area contributed by atoms with Gasteiger partial charge in [-0.05, 0) is 31.0 Å². The molecule has 0 aliphatic carbocycles. The molecule has 1 amide bonds. The van der Waals surface area contributed by atoms with Crippen LogP contribution in [-0.2, 0) is 16.0 Å². The monoisotopic (exact) mass is 265 g/mol. The lowest BCUT2D eigenvalue weighted by Gasteiger charge is -2.16. The molecule has 0 unspecified atom stereocenters. The number of aryl methyl sites for hydroxylation is 2. The second-order valence-electron chi connectivity index (χ2n) is 4.57. The summed E-state index contributed by atoms with van der Waals surface area (Å²) >= 11 is 0. The Morgan fingerprint density at radius 3 is 2.37 bits per heavy atom. The topological polar surface area (TPSA) is 66.8 Å². The number of aliphatic carboxylic acids is 1. The van der Waals surface area contributed by atoms with Crippen molar-refractivity contribution in [2.75, 3.05) is 20.7 Å². The van der Waals surface area contributed by atoms with Gasteiger partial charge in [-0.1, -0.05) is 6.07 Å². The number of methoxy groups -OCH3 is 1. The van der Waals surface area contributed by atoms with Crippen LogP contribution in [0.15, 0.2) is 12.1 Å². The number of likely N-dealkylation sites (N-methyl/N-ethyl adjacent to an activating group) is 1. The first-order valence-corrected chi connectivity index (χ1v) is 5.95. The van der Waals surface area contributed by atoms with Gasteiger partial charge in [0, 0.05) is 12.6 Å². The summed E-state index contributed by atoms with van der Waals surface area (Å²) < 4.78 is 5.26. The van der Waals surface area contributed by atoms with Crippen molar-refractivity contribution in [3.05, 3.63) is 28.8 Å². The zero-order valence-electron chi connectivity index (χ0n) is 11.7. The van der Waals surface area contributed by atoms with Crippen molar-refractivity contribution in [1.82, 2.24) is 4.90 Å². The Bertz CT molecular complexity index is 496. The second-order valence-corrected chi connectivity index (χ2v) is 4.57. The van der Waals surface area contributed by atoms with E-state index in [0.29, 0.717) is 5.75 Å². The van der Waals surface area contributed by atoms with E-state index in [2.05, 4.69) is 0 Å². The van der Waals surface area contributed by atoms with Gasteiger partial charge in [0.1, 0.15) is 12.3 Å². The van der Waals surface area contributed by atoms with Gasteiger partial charge >= 0.3 is 5.97 Å². The number of hydrogen-bond donors (Lipinski definition) is 1. The molecule has 0 spiro atoms. The maximum absolute atomic E-state index is 11.9. The normalized spacial score (nSPS) is 10.1. The third-order valence-electron chi connectivity index (χ3n) is 3.04. The van der Waals surface area contributed by atoms with Crippen LogP contribution in [-0.4, -0.2) is 42.6 Å². The maximum Gasteiger partial charge on any atom is 0.323 e. The first-order valence-electron chi connectivity index (χ1n) is 5.95. The molecular weight excluding hydrogens is 246 g/mol. The van der Waals surface area contributed by atoms with Crippen molar-refractivity contribution in [2.24, 2.45) is 0 Å². The van der Waals surface area contributed by atoms with Crippen LogP contribution in [0.3, 0.4) is 0 Å². The molecule has 5 heteroatoms. The summed E-state index contributed by atoms with van der Waals surface area (Å²) in [7, 11) is 3.03. The largest absolute Gasteiger partial charge is 0.496 e. The number of amides is 1. The zero-order chi connectivity index (χ0) is 14.6. The van der Waals surface area contributed by atoms with Gasteiger partial charge in [0.05, 0.1) is 13.5 Å². The van der Waals surface area contributed by atoms with Crippen LogP contribution in [0, 0.1) is 13.8 Å². The molecule has 5 nitrogen and oxygen atoms in total. The van der Waals surface area contributed by atoms with E-state index < -0.39 is 5.97 Å². The van der Waals surface area contributed by atoms with Crippen molar-refractivity contribution < 1.29 is 19.4 Å². The molecule has 0 aromatic heterocycles. The number of rotatable bonds is 5. The number of carboxylic acids is 1. The fraction of sp³-hybridized carbons (Fsp3) is 0.429. The first kappa shape index (κ1) is 15.0. The lowest BCUT2D eigenvalue weighted by atomic mass is 10.0. The van der Waals surface area contributed by atoms with Crippen LogP contribution >= 0.6 is 0 Å². The molecule has 0 atom stereocenters. The Morgan fingerprint density at radius 2 is 1.84 bits per heavy atom. The van der Waals surface area contributed by atoms with Crippen LogP contribution in [0.5, 0.6) is 5.75 Å². The molecule has 0 bridgehead atoms. The van der Waals surface area contributed by atoms with Gasteiger partial charge in [-0.15, -0.1) is 0 Å². The number of carbonyl (C=O) groups is 2. The summed E-state index contributed by atoms with van der Waals surface area (Å²) in [5.74, 6) is -0.618. The Kier molecular flexibility index (Phi) is 4.92. The highest BCUT2D eigenvalue weighted by Gasteiger charge is 2.15. The molecule has 104 valence electrons. The average molecular weight is 265 g/mol. The summed E-state index contributed by atoms with van der Waals surface area (Å²) in [5.41, 5.74) is 2.93. The number of nitrogens with zero attached hydrogens (tertiary/aromatic N) is 1. The van der Waals surface area contributed by atoms with Gasteiger partial charge in [-0.25, -0.2) is 0 Å². The van der Waals surface area contributed by atoms with Crippen molar-refractivity contribution in [3.8, 4) is 5.75 Å². The quantitative estimate of drug-likeness (QED) is 0.873. The molecule has 1 aromatic carbocycles. The van der Waals surface area contributed by atoms with Crippen molar-refractivity contribution in [2.45, 2.75) is 20.3 Å². The minimum atomic E-state index is -1.03. The molecule has 0 heterocycles. The average Bonchev–Trinajstić information content (AvgIpc) is 2.32. The highest BCUT2D eigenvalue weighted by molar-refractivity contribution is 5.83. The van der Waals surface area contributed by atoms with Gasteiger partial charge in [0.15, 0.2) is 0 Å². The van der Waals surface area contributed by atoms with Gasteiger partial charge in [-0.2, -0.15) is 0 Å². The van der Waals surface area contributed by atoms with E-state index in [4.69, 9.17) is 9.84 Å². The molecule has 0 aliphatic heterocycles. The van der Waals surface area contributed by atoms with E-state index in [1.165, 1.54) is 11.9 Å². The molecule has 1 N–H and O–H groups in total. The SMILES string of the molecule is COc1cc(C)c(C)cc1CC(=O)N(C)CC(=O)O. The Hall–Kier alpha value is -2.04. The van der Waals surface area contributed by atoms with Crippen LogP contribution in [0.4, 0.5) is 0 Å². The van der Waals surface area contributed by atoms with Crippen molar-refractivity contribution in [1.29, 1.82) is 0 Å². The number of carboxylic acid groups (broad SMARTS) is 1. The standard InChI is InChI=1S/C14H19NO4/c1-9-5-11(12(19-4)6-10(9)2)7-13(16)15(3)8-14(17)18/h5-6H,7-8H2,1-4H3,(H,17,18). The Morgan fingerprint density at radius 1 is 1.26 bits per heavy atom. The second kappa shape index (κ2) is 6.22. The summed E-state index contributed by atoms with van der Waals surface area (Å²) in [4.78, 5) is 23.7. The van der Waals surface area contributed by atoms with Crippen LogP contribution in [0.1, 0.15) is 16.7 Å². The van der Waals surface area contributed by atoms with E-state index in [0.717, 1.165) is 16.7 Å². The molecule has 0 aliphatic rings. The molecule has 1 aromatic rings. The Balaban J connectivity index is 2.90. The third-order valence-corrected chi connectivity index (χ3v) is 3.04. The molecule has 0 saturated heterocycles. The highest BCUT2D eigenvalue weighted by Crippen LogP contribution is 2.23. The number of carbonyl (C=O) groups excluding carboxylic acids is 1. The van der Waals surface area contributed by atoms with Crippen LogP contribution in [0.25, 0.3) is 0 Å². The van der Waals surface area contributed by atoms with Crippen molar-refractivity contribution >= 4 is 11.9 Å². The number of ether oxygens (including phenoxy) is 1. The smallest absolute Gasteiger partial charge is 0.323 e. The van der Waals surface area contributed by atoms with Gasteiger partial charge in [0.2, 0.25) is 5.91 Å². The number of benzene rings is 1. The molecule has 0 fully saturated rings. The lowest BCUT2D eigenvalue weighted by molar-refractivity contribution is -0.143. The molecule has 19 heavy (non-hydrogen) atoms. The molecule has 0 radical (unpaired) electrons. The summed E-state index contributed by atoms with van der Waals surface area (Å²) in [6.07, 6.45) is 0.133. The van der Waals surface area contributed by atoms with Crippen molar-refractivity contribution in [3.63, 3.8) is 0 Å². The lowest BCUT2D eigenvalue weighted by Crippen LogP contribution is -2.33. The van der Waals surface area contributed by atoms with E-state index in [9.17, 15) is 9.59 Å². The van der Waals surface area contributed by atoms with Gasteiger partial charge in [0.25, 0.3) is 0 Å². The van der Waals surface area contributed by atoms with Crippen LogP contribution in [0.2, 0.25) is 0 Å². The maximum atomic E-state index is 11.9. The Labute approximate surface area is 112 Å². The zero-order valence-corrected chi connectivity index (χ0v) is 11.7. The van der Waals surface area contributed by atoms with Crippen LogP contribution < -0.4 is 4.74 Å². The van der Waals surface area contributed by atoms with E-state index >= 15 is 0 Å².